The van der Waals surface area contributed by atoms with Crippen molar-refractivity contribution in [1.82, 2.24) is 10.1 Å². The molecule has 0 fully saturated rings. The van der Waals surface area contributed by atoms with Gasteiger partial charge in [0.1, 0.15) is 10.8 Å². The molecule has 24 heavy (non-hydrogen) atoms. The maximum atomic E-state index is 12.3. The number of rotatable bonds is 4. The van der Waals surface area contributed by atoms with Gasteiger partial charge in [0.05, 0.1) is 5.56 Å². The summed E-state index contributed by atoms with van der Waals surface area (Å²) in [6, 6.07) is 11.3. The summed E-state index contributed by atoms with van der Waals surface area (Å²) in [7, 11) is 0. The monoisotopic (exact) mass is 405 g/mol. The topological polar surface area (TPSA) is 68.0 Å². The van der Waals surface area contributed by atoms with Gasteiger partial charge in [0.2, 0.25) is 5.88 Å². The molecule has 0 spiro atoms. The SMILES string of the molecule is CCc1ccc(-c2cc(NC(=O)c3cc(Br)cnc3Cl)on2)cc1. The summed E-state index contributed by atoms with van der Waals surface area (Å²) >= 11 is 9.21. The molecule has 1 aromatic carbocycles. The number of carbonyl (C=O) groups is 1. The number of hydrogen-bond acceptors (Lipinski definition) is 4. The van der Waals surface area contributed by atoms with Crippen molar-refractivity contribution in [3.63, 3.8) is 0 Å². The first-order valence-electron chi connectivity index (χ1n) is 7.25. The van der Waals surface area contributed by atoms with Crippen LogP contribution in [0.2, 0.25) is 5.15 Å². The van der Waals surface area contributed by atoms with Crippen molar-refractivity contribution < 1.29 is 9.32 Å². The van der Waals surface area contributed by atoms with E-state index in [1.807, 2.05) is 24.3 Å². The van der Waals surface area contributed by atoms with Crippen LogP contribution < -0.4 is 5.32 Å². The Hall–Kier alpha value is -2.18. The summed E-state index contributed by atoms with van der Waals surface area (Å²) in [5.41, 5.74) is 3.05. The largest absolute Gasteiger partial charge is 0.338 e. The Morgan fingerprint density at radius 2 is 2.04 bits per heavy atom. The number of amides is 1. The van der Waals surface area contributed by atoms with Crippen molar-refractivity contribution in [1.29, 1.82) is 0 Å². The minimum absolute atomic E-state index is 0.116. The van der Waals surface area contributed by atoms with Gasteiger partial charge in [-0.1, -0.05) is 47.9 Å². The molecule has 122 valence electrons. The highest BCUT2D eigenvalue weighted by atomic mass is 79.9. The van der Waals surface area contributed by atoms with Crippen LogP contribution in [0.3, 0.4) is 0 Å². The lowest BCUT2D eigenvalue weighted by Gasteiger charge is -2.03. The van der Waals surface area contributed by atoms with E-state index in [4.69, 9.17) is 16.1 Å². The lowest BCUT2D eigenvalue weighted by Crippen LogP contribution is -2.12. The minimum Gasteiger partial charge on any atom is -0.338 e. The third kappa shape index (κ3) is 3.66. The van der Waals surface area contributed by atoms with Crippen LogP contribution in [-0.2, 0) is 6.42 Å². The number of carbonyl (C=O) groups excluding carboxylic acids is 1. The van der Waals surface area contributed by atoms with Gasteiger partial charge in [0.15, 0.2) is 0 Å². The number of aromatic nitrogens is 2. The summed E-state index contributed by atoms with van der Waals surface area (Å²) in [6.45, 7) is 2.10. The minimum atomic E-state index is -0.419. The van der Waals surface area contributed by atoms with Crippen molar-refractivity contribution in [3.05, 3.63) is 63.3 Å². The zero-order chi connectivity index (χ0) is 17.1. The van der Waals surface area contributed by atoms with Crippen molar-refractivity contribution in [2.24, 2.45) is 0 Å². The zero-order valence-corrected chi connectivity index (χ0v) is 15.1. The number of hydrogen-bond donors (Lipinski definition) is 1. The molecule has 2 heterocycles. The Labute approximate surface area is 152 Å². The third-order valence-corrected chi connectivity index (χ3v) is 4.19. The maximum Gasteiger partial charge on any atom is 0.261 e. The van der Waals surface area contributed by atoms with Gasteiger partial charge in [-0.05, 0) is 34.0 Å². The van der Waals surface area contributed by atoms with Gasteiger partial charge in [-0.15, -0.1) is 0 Å². The number of anilines is 1. The molecule has 0 saturated carbocycles. The fraction of sp³-hybridized carbons (Fsp3) is 0.118. The van der Waals surface area contributed by atoms with Crippen LogP contribution in [0.15, 0.2) is 51.6 Å². The second-order valence-electron chi connectivity index (χ2n) is 5.07. The highest BCUT2D eigenvalue weighted by molar-refractivity contribution is 9.10. The normalized spacial score (nSPS) is 10.6. The first kappa shape index (κ1) is 16.7. The highest BCUT2D eigenvalue weighted by Gasteiger charge is 2.15. The number of benzene rings is 1. The van der Waals surface area contributed by atoms with Gasteiger partial charge < -0.3 is 4.52 Å². The predicted molar refractivity (Wildman–Crippen MR) is 96.2 cm³/mol. The van der Waals surface area contributed by atoms with Gasteiger partial charge in [-0.25, -0.2) is 4.98 Å². The molecular formula is C17H13BrClN3O2. The van der Waals surface area contributed by atoms with Crippen LogP contribution in [-0.4, -0.2) is 16.0 Å². The van der Waals surface area contributed by atoms with Gasteiger partial charge in [-0.3, -0.25) is 10.1 Å². The van der Waals surface area contributed by atoms with E-state index < -0.39 is 5.91 Å². The zero-order valence-electron chi connectivity index (χ0n) is 12.7. The van der Waals surface area contributed by atoms with Crippen molar-refractivity contribution >= 4 is 39.3 Å². The van der Waals surface area contributed by atoms with Crippen LogP contribution in [0.4, 0.5) is 5.88 Å². The Kier molecular flexibility index (Phi) is 4.97. The summed E-state index contributed by atoms with van der Waals surface area (Å²) in [4.78, 5) is 16.2. The summed E-state index contributed by atoms with van der Waals surface area (Å²) in [5, 5.41) is 6.72. The Bertz CT molecular complexity index is 878. The summed E-state index contributed by atoms with van der Waals surface area (Å²) in [5.74, 6) is -0.177. The molecule has 5 nitrogen and oxygen atoms in total. The molecule has 1 amide bonds. The smallest absolute Gasteiger partial charge is 0.261 e. The van der Waals surface area contributed by atoms with E-state index in [0.717, 1.165) is 12.0 Å². The van der Waals surface area contributed by atoms with E-state index in [1.165, 1.54) is 11.8 Å². The fourth-order valence-corrected chi connectivity index (χ4v) is 2.66. The molecular weight excluding hydrogens is 394 g/mol. The lowest BCUT2D eigenvalue weighted by atomic mass is 10.1. The van der Waals surface area contributed by atoms with E-state index >= 15 is 0 Å². The number of halogens is 2. The van der Waals surface area contributed by atoms with Crippen LogP contribution in [0.25, 0.3) is 11.3 Å². The molecule has 0 atom stereocenters. The average Bonchev–Trinajstić information content (AvgIpc) is 3.05. The van der Waals surface area contributed by atoms with Gasteiger partial charge >= 0.3 is 0 Å². The Morgan fingerprint density at radius 1 is 1.29 bits per heavy atom. The molecule has 3 aromatic rings. The number of nitrogens with one attached hydrogen (secondary N) is 1. The van der Waals surface area contributed by atoms with Gasteiger partial charge in [0.25, 0.3) is 5.91 Å². The van der Waals surface area contributed by atoms with E-state index in [0.29, 0.717) is 10.2 Å². The predicted octanol–water partition coefficient (Wildman–Crippen LogP) is 4.97. The number of aryl methyl sites for hydroxylation is 1. The molecule has 0 aliphatic rings. The molecule has 0 radical (unpaired) electrons. The standard InChI is InChI=1S/C17H13BrClN3O2/c1-2-10-3-5-11(6-4-10)14-8-15(24-22-14)21-17(23)13-7-12(18)9-20-16(13)19/h3-9H,2H2,1H3,(H,21,23). The quantitative estimate of drug-likeness (QED) is 0.621. The van der Waals surface area contributed by atoms with Crippen molar-refractivity contribution in [2.45, 2.75) is 13.3 Å². The molecule has 0 saturated heterocycles. The van der Waals surface area contributed by atoms with Gasteiger partial charge in [0, 0.05) is 22.3 Å². The molecule has 7 heteroatoms. The van der Waals surface area contributed by atoms with Crippen molar-refractivity contribution in [2.75, 3.05) is 5.32 Å². The summed E-state index contributed by atoms with van der Waals surface area (Å²) < 4.78 is 5.84. The number of pyridine rings is 1. The van der Waals surface area contributed by atoms with E-state index in [2.05, 4.69) is 38.3 Å². The average molecular weight is 407 g/mol. The summed E-state index contributed by atoms with van der Waals surface area (Å²) in [6.07, 6.45) is 2.49. The van der Waals surface area contributed by atoms with Crippen LogP contribution >= 0.6 is 27.5 Å². The van der Waals surface area contributed by atoms with Crippen LogP contribution in [0.5, 0.6) is 0 Å². The first-order chi connectivity index (χ1) is 11.6. The molecule has 0 aliphatic carbocycles. The molecule has 3 rings (SSSR count). The van der Waals surface area contributed by atoms with Crippen LogP contribution in [0, 0.1) is 0 Å². The second-order valence-corrected chi connectivity index (χ2v) is 6.35. The lowest BCUT2D eigenvalue weighted by molar-refractivity contribution is 0.102. The molecule has 1 N–H and O–H groups in total. The fourth-order valence-electron chi connectivity index (χ4n) is 2.14. The second kappa shape index (κ2) is 7.15. The molecule has 2 aromatic heterocycles. The number of nitrogens with zero attached hydrogens (tertiary/aromatic N) is 2. The Balaban J connectivity index is 1.78. The van der Waals surface area contributed by atoms with Crippen molar-refractivity contribution in [3.8, 4) is 11.3 Å². The van der Waals surface area contributed by atoms with E-state index in [1.54, 1.807) is 12.1 Å². The first-order valence-corrected chi connectivity index (χ1v) is 8.42. The Morgan fingerprint density at radius 3 is 2.75 bits per heavy atom. The van der Waals surface area contributed by atoms with Crippen LogP contribution in [0.1, 0.15) is 22.8 Å². The molecule has 0 unspecified atom stereocenters. The van der Waals surface area contributed by atoms with E-state index in [9.17, 15) is 4.79 Å². The molecule has 0 bridgehead atoms. The van der Waals surface area contributed by atoms with E-state index in [-0.39, 0.29) is 16.6 Å². The molecule has 0 aliphatic heterocycles. The third-order valence-electron chi connectivity index (χ3n) is 3.46. The van der Waals surface area contributed by atoms with Gasteiger partial charge in [-0.2, -0.15) is 0 Å². The maximum absolute atomic E-state index is 12.3. The highest BCUT2D eigenvalue weighted by Crippen LogP contribution is 2.24.